The van der Waals surface area contributed by atoms with E-state index in [2.05, 4.69) is 4.98 Å². The van der Waals surface area contributed by atoms with Gasteiger partial charge in [0.1, 0.15) is 6.54 Å². The second-order valence-corrected chi connectivity index (χ2v) is 6.28. The van der Waals surface area contributed by atoms with Gasteiger partial charge in [0.15, 0.2) is 0 Å². The summed E-state index contributed by atoms with van der Waals surface area (Å²) in [6, 6.07) is 8.65. The SMILES string of the molecule is CCN(CC#N)S(=O)(=O)c1ccc(C)c2ncccc12. The number of nitrogens with zero attached hydrogens (tertiary/aromatic N) is 3. The number of pyridine rings is 1. The standard InChI is InChI=1S/C14H15N3O2S/c1-3-17(10-8-15)20(18,19)13-7-6-11(2)14-12(13)5-4-9-16-14/h4-7,9H,3,10H2,1-2H3. The minimum atomic E-state index is -3.69. The highest BCUT2D eigenvalue weighted by molar-refractivity contribution is 7.89. The molecule has 0 aliphatic carbocycles. The van der Waals surface area contributed by atoms with E-state index in [1.54, 1.807) is 37.4 Å². The number of hydrogen-bond donors (Lipinski definition) is 0. The Labute approximate surface area is 118 Å². The van der Waals surface area contributed by atoms with Crippen LogP contribution in [0, 0.1) is 18.3 Å². The van der Waals surface area contributed by atoms with Crippen molar-refractivity contribution in [1.29, 1.82) is 5.26 Å². The Bertz CT molecular complexity index is 779. The first kappa shape index (κ1) is 14.4. The van der Waals surface area contributed by atoms with Crippen LogP contribution in [0.5, 0.6) is 0 Å². The van der Waals surface area contributed by atoms with Crippen LogP contribution in [-0.4, -0.2) is 30.8 Å². The monoisotopic (exact) mass is 289 g/mol. The van der Waals surface area contributed by atoms with E-state index in [0.717, 1.165) is 9.87 Å². The maximum atomic E-state index is 12.6. The molecule has 0 amide bonds. The molecule has 2 rings (SSSR count). The van der Waals surface area contributed by atoms with E-state index in [-0.39, 0.29) is 18.0 Å². The number of sulfonamides is 1. The van der Waals surface area contributed by atoms with Gasteiger partial charge in [0, 0.05) is 18.1 Å². The molecule has 0 bridgehead atoms. The van der Waals surface area contributed by atoms with Crippen molar-refractivity contribution < 1.29 is 8.42 Å². The zero-order valence-corrected chi connectivity index (χ0v) is 12.2. The molecular formula is C14H15N3O2S. The van der Waals surface area contributed by atoms with Crippen molar-refractivity contribution >= 4 is 20.9 Å². The van der Waals surface area contributed by atoms with E-state index in [1.807, 2.05) is 13.0 Å². The van der Waals surface area contributed by atoms with Gasteiger partial charge in [-0.05, 0) is 30.7 Å². The Morgan fingerprint density at radius 2 is 2.10 bits per heavy atom. The van der Waals surface area contributed by atoms with Crippen molar-refractivity contribution in [2.45, 2.75) is 18.7 Å². The molecule has 0 aliphatic rings. The van der Waals surface area contributed by atoms with Crippen molar-refractivity contribution in [3.05, 3.63) is 36.0 Å². The molecule has 1 heterocycles. The van der Waals surface area contributed by atoms with E-state index >= 15 is 0 Å². The van der Waals surface area contributed by atoms with Crippen LogP contribution < -0.4 is 0 Å². The maximum Gasteiger partial charge on any atom is 0.244 e. The molecule has 1 aromatic carbocycles. The maximum absolute atomic E-state index is 12.6. The lowest BCUT2D eigenvalue weighted by Crippen LogP contribution is -2.31. The highest BCUT2D eigenvalue weighted by Crippen LogP contribution is 2.26. The van der Waals surface area contributed by atoms with Gasteiger partial charge in [-0.3, -0.25) is 4.98 Å². The van der Waals surface area contributed by atoms with Crippen LogP contribution in [0.3, 0.4) is 0 Å². The summed E-state index contributed by atoms with van der Waals surface area (Å²) in [5.74, 6) is 0. The van der Waals surface area contributed by atoms with Gasteiger partial charge in [-0.25, -0.2) is 8.42 Å². The summed E-state index contributed by atoms with van der Waals surface area (Å²) < 4.78 is 26.4. The molecule has 0 N–H and O–H groups in total. The lowest BCUT2D eigenvalue weighted by molar-refractivity contribution is 0.463. The first-order chi connectivity index (χ1) is 9.52. The van der Waals surface area contributed by atoms with E-state index in [9.17, 15) is 8.42 Å². The molecule has 0 spiro atoms. The average molecular weight is 289 g/mol. The normalized spacial score (nSPS) is 11.7. The van der Waals surface area contributed by atoms with Crippen LogP contribution in [0.2, 0.25) is 0 Å². The van der Waals surface area contributed by atoms with Gasteiger partial charge in [-0.2, -0.15) is 9.57 Å². The van der Waals surface area contributed by atoms with Crippen molar-refractivity contribution in [2.75, 3.05) is 13.1 Å². The van der Waals surface area contributed by atoms with E-state index in [4.69, 9.17) is 5.26 Å². The fourth-order valence-corrected chi connectivity index (χ4v) is 3.63. The molecule has 0 fully saturated rings. The van der Waals surface area contributed by atoms with Gasteiger partial charge in [0.25, 0.3) is 0 Å². The van der Waals surface area contributed by atoms with Gasteiger partial charge in [-0.1, -0.05) is 13.0 Å². The van der Waals surface area contributed by atoms with E-state index < -0.39 is 10.0 Å². The highest BCUT2D eigenvalue weighted by atomic mass is 32.2. The molecule has 0 aliphatic heterocycles. The number of hydrogen-bond acceptors (Lipinski definition) is 4. The molecule has 0 unspecified atom stereocenters. The van der Waals surface area contributed by atoms with Crippen molar-refractivity contribution in [1.82, 2.24) is 9.29 Å². The van der Waals surface area contributed by atoms with E-state index in [1.165, 1.54) is 0 Å². The molecule has 1 aromatic heterocycles. The van der Waals surface area contributed by atoms with Crippen molar-refractivity contribution in [2.24, 2.45) is 0 Å². The first-order valence-corrected chi connectivity index (χ1v) is 7.67. The lowest BCUT2D eigenvalue weighted by atomic mass is 10.1. The van der Waals surface area contributed by atoms with Crippen LogP contribution in [0.4, 0.5) is 0 Å². The predicted molar refractivity (Wildman–Crippen MR) is 76.5 cm³/mol. The number of nitriles is 1. The number of aromatic nitrogens is 1. The van der Waals surface area contributed by atoms with Gasteiger partial charge >= 0.3 is 0 Å². The third-order valence-electron chi connectivity index (χ3n) is 3.15. The third-order valence-corrected chi connectivity index (χ3v) is 5.13. The minimum Gasteiger partial charge on any atom is -0.256 e. The summed E-state index contributed by atoms with van der Waals surface area (Å²) >= 11 is 0. The zero-order chi connectivity index (χ0) is 14.8. The average Bonchev–Trinajstić information content (AvgIpc) is 2.45. The van der Waals surface area contributed by atoms with Gasteiger partial charge in [0.2, 0.25) is 10.0 Å². The summed E-state index contributed by atoms with van der Waals surface area (Å²) in [5.41, 5.74) is 1.59. The molecule has 104 valence electrons. The van der Waals surface area contributed by atoms with Crippen molar-refractivity contribution in [3.63, 3.8) is 0 Å². The fraction of sp³-hybridized carbons (Fsp3) is 0.286. The fourth-order valence-electron chi connectivity index (χ4n) is 2.10. The van der Waals surface area contributed by atoms with Crippen LogP contribution in [-0.2, 0) is 10.0 Å². The third kappa shape index (κ3) is 2.38. The van der Waals surface area contributed by atoms with Crippen LogP contribution in [0.15, 0.2) is 35.4 Å². The van der Waals surface area contributed by atoms with Crippen LogP contribution >= 0.6 is 0 Å². The van der Waals surface area contributed by atoms with Gasteiger partial charge in [-0.15, -0.1) is 0 Å². The molecule has 2 aromatic rings. The predicted octanol–water partition coefficient (Wildman–Crippen LogP) is 2.08. The second kappa shape index (κ2) is 5.57. The number of rotatable bonds is 4. The summed E-state index contributed by atoms with van der Waals surface area (Å²) in [7, 11) is -3.69. The molecular weight excluding hydrogens is 274 g/mol. The Balaban J connectivity index is 2.70. The molecule has 0 saturated carbocycles. The number of aryl methyl sites for hydroxylation is 1. The Kier molecular flexibility index (Phi) is 4.02. The first-order valence-electron chi connectivity index (χ1n) is 6.23. The Morgan fingerprint density at radius 1 is 1.35 bits per heavy atom. The van der Waals surface area contributed by atoms with Crippen LogP contribution in [0.1, 0.15) is 12.5 Å². The van der Waals surface area contributed by atoms with Crippen LogP contribution in [0.25, 0.3) is 10.9 Å². The summed E-state index contributed by atoms with van der Waals surface area (Å²) in [4.78, 5) is 4.44. The molecule has 5 nitrogen and oxygen atoms in total. The molecule has 6 heteroatoms. The van der Waals surface area contributed by atoms with Crippen molar-refractivity contribution in [3.8, 4) is 6.07 Å². The summed E-state index contributed by atoms with van der Waals surface area (Å²) in [6.45, 7) is 3.70. The second-order valence-electron chi connectivity index (χ2n) is 4.37. The summed E-state index contributed by atoms with van der Waals surface area (Å²) in [5, 5.41) is 9.35. The smallest absolute Gasteiger partial charge is 0.244 e. The van der Waals surface area contributed by atoms with E-state index in [0.29, 0.717) is 10.9 Å². The number of benzene rings is 1. The Morgan fingerprint density at radius 3 is 2.75 bits per heavy atom. The topological polar surface area (TPSA) is 74.1 Å². The lowest BCUT2D eigenvalue weighted by Gasteiger charge is -2.18. The van der Waals surface area contributed by atoms with Gasteiger partial charge < -0.3 is 0 Å². The largest absolute Gasteiger partial charge is 0.256 e. The highest BCUT2D eigenvalue weighted by Gasteiger charge is 2.25. The Hall–Kier alpha value is -1.97. The molecule has 20 heavy (non-hydrogen) atoms. The zero-order valence-electron chi connectivity index (χ0n) is 11.4. The summed E-state index contributed by atoms with van der Waals surface area (Å²) in [6.07, 6.45) is 1.64. The molecule has 0 saturated heterocycles. The quantitative estimate of drug-likeness (QED) is 0.808. The molecule has 0 radical (unpaired) electrons. The molecule has 0 atom stereocenters. The minimum absolute atomic E-state index is 0.158. The van der Waals surface area contributed by atoms with Gasteiger partial charge in [0.05, 0.1) is 16.5 Å². The number of fused-ring (bicyclic) bond motifs is 1.